The van der Waals surface area contributed by atoms with E-state index in [4.69, 9.17) is 0 Å². The minimum atomic E-state index is -4.47. The number of thiophene rings is 1. The summed E-state index contributed by atoms with van der Waals surface area (Å²) in [7, 11) is 3.06. The van der Waals surface area contributed by atoms with Gasteiger partial charge in [-0.1, -0.05) is 13.0 Å². The van der Waals surface area contributed by atoms with Crippen LogP contribution in [0.3, 0.4) is 0 Å². The lowest BCUT2D eigenvalue weighted by Crippen LogP contribution is -2.39. The van der Waals surface area contributed by atoms with Gasteiger partial charge in [0.2, 0.25) is 0 Å². The smallest absolute Gasteiger partial charge is 0.356 e. The molecule has 2 rings (SSSR count). The Morgan fingerprint density at radius 1 is 1.40 bits per heavy atom. The molecule has 0 aliphatic carbocycles. The average Bonchev–Trinajstić information content (AvgIpc) is 3.16. The molecule has 0 saturated heterocycles. The Labute approximate surface area is 149 Å². The molecule has 0 aliphatic rings. The highest BCUT2D eigenvalue weighted by Gasteiger charge is 2.36. The Bertz CT molecular complexity index is 691. The van der Waals surface area contributed by atoms with Crippen LogP contribution in [-0.4, -0.2) is 29.3 Å². The van der Waals surface area contributed by atoms with Crippen molar-refractivity contribution < 1.29 is 13.2 Å². The number of guanidine groups is 1. The molecule has 0 aliphatic heterocycles. The van der Waals surface area contributed by atoms with E-state index >= 15 is 0 Å². The number of aryl methyl sites for hydroxylation is 1. The fourth-order valence-corrected chi connectivity index (χ4v) is 3.29. The number of aromatic nitrogens is 2. The van der Waals surface area contributed by atoms with E-state index in [-0.39, 0.29) is 12.1 Å². The van der Waals surface area contributed by atoms with Gasteiger partial charge in [-0.3, -0.25) is 9.67 Å². The summed E-state index contributed by atoms with van der Waals surface area (Å²) in [4.78, 5) is 5.37. The monoisotopic (exact) mass is 373 g/mol. The lowest BCUT2D eigenvalue weighted by atomic mass is 10.1. The molecule has 0 bridgehead atoms. The first-order valence-electron chi connectivity index (χ1n) is 7.86. The van der Waals surface area contributed by atoms with Crippen molar-refractivity contribution in [3.63, 3.8) is 0 Å². The van der Waals surface area contributed by atoms with E-state index in [0.717, 1.165) is 6.42 Å². The second kappa shape index (κ2) is 8.37. The highest BCUT2D eigenvalue weighted by atomic mass is 32.1. The van der Waals surface area contributed by atoms with E-state index < -0.39 is 11.9 Å². The van der Waals surface area contributed by atoms with Crippen LogP contribution in [0.1, 0.15) is 23.1 Å². The Balaban J connectivity index is 1.86. The van der Waals surface area contributed by atoms with Gasteiger partial charge < -0.3 is 10.6 Å². The number of alkyl halides is 3. The molecule has 1 unspecified atom stereocenters. The van der Waals surface area contributed by atoms with E-state index in [2.05, 4.69) is 33.7 Å². The summed E-state index contributed by atoms with van der Waals surface area (Å²) >= 11 is 1.72. The summed E-state index contributed by atoms with van der Waals surface area (Å²) in [5, 5.41) is 11.6. The summed E-state index contributed by atoms with van der Waals surface area (Å²) < 4.78 is 40.0. The van der Waals surface area contributed by atoms with E-state index in [0.29, 0.717) is 18.4 Å². The van der Waals surface area contributed by atoms with Gasteiger partial charge in [0.1, 0.15) is 0 Å². The van der Waals surface area contributed by atoms with E-state index in [9.17, 15) is 13.2 Å². The molecule has 2 aromatic heterocycles. The van der Waals surface area contributed by atoms with Crippen LogP contribution in [0.5, 0.6) is 0 Å². The second-order valence-corrected chi connectivity index (χ2v) is 6.90. The average molecular weight is 373 g/mol. The first-order valence-corrected chi connectivity index (χ1v) is 8.74. The summed E-state index contributed by atoms with van der Waals surface area (Å²) in [6.45, 7) is 2.79. The molecule has 5 nitrogen and oxygen atoms in total. The predicted molar refractivity (Wildman–Crippen MR) is 93.6 cm³/mol. The number of hydrogen-bond acceptors (Lipinski definition) is 3. The molecule has 0 amide bonds. The lowest BCUT2D eigenvalue weighted by molar-refractivity contribution is -0.142. The molecular formula is C16H22F3N5S. The van der Waals surface area contributed by atoms with Crippen LogP contribution in [0.2, 0.25) is 0 Å². The van der Waals surface area contributed by atoms with Crippen LogP contribution < -0.4 is 10.6 Å². The maximum Gasteiger partial charge on any atom is 0.435 e. The van der Waals surface area contributed by atoms with Gasteiger partial charge in [-0.15, -0.1) is 11.3 Å². The van der Waals surface area contributed by atoms with Crippen molar-refractivity contribution in [1.82, 2.24) is 20.4 Å². The zero-order valence-electron chi connectivity index (χ0n) is 14.4. The molecule has 1 atom stereocenters. The van der Waals surface area contributed by atoms with Crippen molar-refractivity contribution in [3.05, 3.63) is 39.8 Å². The fraction of sp³-hybridized carbons (Fsp3) is 0.500. The van der Waals surface area contributed by atoms with Crippen LogP contribution in [0.15, 0.2) is 28.7 Å². The Morgan fingerprint density at radius 2 is 2.16 bits per heavy atom. The summed E-state index contributed by atoms with van der Waals surface area (Å²) in [6.07, 6.45) is -2.16. The maximum absolute atomic E-state index is 13.0. The number of aliphatic imine (C=N–C) groups is 1. The third-order valence-electron chi connectivity index (χ3n) is 3.59. The van der Waals surface area contributed by atoms with Gasteiger partial charge in [0.15, 0.2) is 11.7 Å². The van der Waals surface area contributed by atoms with Gasteiger partial charge in [-0.25, -0.2) is 0 Å². The topological polar surface area (TPSA) is 54.2 Å². The Hall–Kier alpha value is -2.03. The molecule has 0 aromatic carbocycles. The zero-order chi connectivity index (χ0) is 18.4. The second-order valence-electron chi connectivity index (χ2n) is 5.87. The van der Waals surface area contributed by atoms with E-state index in [1.807, 2.05) is 11.4 Å². The molecule has 2 heterocycles. The van der Waals surface area contributed by atoms with Crippen LogP contribution in [0, 0.1) is 5.92 Å². The fourth-order valence-electron chi connectivity index (χ4n) is 2.42. The molecular weight excluding hydrogens is 351 g/mol. The van der Waals surface area contributed by atoms with Crippen molar-refractivity contribution in [3.8, 4) is 0 Å². The SMILES string of the molecule is CN=C(NCc1cn(C)nc1C(F)(F)F)NCC(C)Cc1cccs1. The third-order valence-corrected chi connectivity index (χ3v) is 4.49. The van der Waals surface area contributed by atoms with Crippen LogP contribution in [-0.2, 0) is 26.2 Å². The first-order chi connectivity index (χ1) is 11.8. The number of nitrogens with one attached hydrogen (secondary N) is 2. The first kappa shape index (κ1) is 19.3. The van der Waals surface area contributed by atoms with Crippen LogP contribution in [0.4, 0.5) is 13.2 Å². The molecule has 0 fully saturated rings. The molecule has 9 heteroatoms. The van der Waals surface area contributed by atoms with Crippen molar-refractivity contribution in [2.24, 2.45) is 18.0 Å². The zero-order valence-corrected chi connectivity index (χ0v) is 15.2. The number of rotatable bonds is 6. The number of halogens is 3. The van der Waals surface area contributed by atoms with Crippen LogP contribution in [0.25, 0.3) is 0 Å². The van der Waals surface area contributed by atoms with Gasteiger partial charge >= 0.3 is 6.18 Å². The molecule has 2 aromatic rings. The molecule has 0 spiro atoms. The van der Waals surface area contributed by atoms with Crippen molar-refractivity contribution in [2.75, 3.05) is 13.6 Å². The Morgan fingerprint density at radius 3 is 2.76 bits per heavy atom. The van der Waals surface area contributed by atoms with Crippen molar-refractivity contribution >= 4 is 17.3 Å². The summed E-state index contributed by atoms with van der Waals surface area (Å²) in [5.41, 5.74) is -0.784. The van der Waals surface area contributed by atoms with Crippen LogP contribution >= 0.6 is 11.3 Å². The highest BCUT2D eigenvalue weighted by molar-refractivity contribution is 7.09. The van der Waals surface area contributed by atoms with Gasteiger partial charge in [-0.05, 0) is 23.8 Å². The summed E-state index contributed by atoms with van der Waals surface area (Å²) in [5.74, 6) is 0.844. The van der Waals surface area contributed by atoms with E-state index in [1.54, 1.807) is 18.4 Å². The van der Waals surface area contributed by atoms with E-state index in [1.165, 1.54) is 22.8 Å². The Kier molecular flexibility index (Phi) is 6.46. The number of hydrogen-bond donors (Lipinski definition) is 2. The molecule has 138 valence electrons. The van der Waals surface area contributed by atoms with Crippen molar-refractivity contribution in [2.45, 2.75) is 26.1 Å². The molecule has 0 radical (unpaired) electrons. The normalized spacial score (nSPS) is 13.8. The quantitative estimate of drug-likeness (QED) is 0.605. The van der Waals surface area contributed by atoms with Gasteiger partial charge in [0, 0.05) is 43.8 Å². The molecule has 2 N–H and O–H groups in total. The summed E-state index contributed by atoms with van der Waals surface area (Å²) in [6, 6.07) is 4.11. The van der Waals surface area contributed by atoms with Gasteiger partial charge in [0.05, 0.1) is 0 Å². The number of nitrogens with zero attached hydrogens (tertiary/aromatic N) is 3. The predicted octanol–water partition coefficient (Wildman–Crippen LogP) is 3.04. The maximum atomic E-state index is 13.0. The van der Waals surface area contributed by atoms with Gasteiger partial charge in [0.25, 0.3) is 0 Å². The standard InChI is InChI=1S/C16H22F3N5S/c1-11(7-13-5-4-6-25-13)8-21-15(20-2)22-9-12-10-24(3)23-14(12)16(17,18)19/h4-6,10-11H,7-9H2,1-3H3,(H2,20,21,22). The largest absolute Gasteiger partial charge is 0.435 e. The molecule has 25 heavy (non-hydrogen) atoms. The van der Waals surface area contributed by atoms with Crippen molar-refractivity contribution in [1.29, 1.82) is 0 Å². The highest BCUT2D eigenvalue weighted by Crippen LogP contribution is 2.30. The molecule has 0 saturated carbocycles. The minimum Gasteiger partial charge on any atom is -0.356 e. The lowest BCUT2D eigenvalue weighted by Gasteiger charge is -2.16. The third kappa shape index (κ3) is 5.77. The van der Waals surface area contributed by atoms with Gasteiger partial charge in [-0.2, -0.15) is 18.3 Å². The minimum absolute atomic E-state index is 0.00165.